The van der Waals surface area contributed by atoms with Gasteiger partial charge in [0, 0.05) is 13.6 Å². The molecule has 0 atom stereocenters. The summed E-state index contributed by atoms with van der Waals surface area (Å²) in [5, 5.41) is 19.2. The number of hydrogen-bond donors (Lipinski definition) is 2. The van der Waals surface area contributed by atoms with Crippen LogP contribution in [-0.2, 0) is 0 Å². The monoisotopic (exact) mass is 278 g/mol. The molecule has 2 rings (SSSR count). The molecule has 110 valence electrons. The number of aromatic hydroxyl groups is 2. The van der Waals surface area contributed by atoms with Crippen LogP contribution in [0.5, 0.6) is 11.5 Å². The number of nitrogens with zero attached hydrogens (tertiary/aromatic N) is 2. The maximum atomic E-state index is 12.3. The van der Waals surface area contributed by atoms with Crippen LogP contribution in [0.15, 0.2) is 18.2 Å². The van der Waals surface area contributed by atoms with E-state index in [1.54, 1.807) is 18.0 Å². The first-order valence-corrected chi connectivity index (χ1v) is 6.94. The third kappa shape index (κ3) is 3.22. The molecule has 1 heterocycles. The number of carbonyl (C=O) groups is 1. The van der Waals surface area contributed by atoms with Gasteiger partial charge in [0.15, 0.2) is 11.5 Å². The highest BCUT2D eigenvalue weighted by molar-refractivity contribution is 5.97. The van der Waals surface area contributed by atoms with E-state index in [1.165, 1.54) is 12.1 Å². The van der Waals surface area contributed by atoms with E-state index in [0.29, 0.717) is 12.5 Å². The topological polar surface area (TPSA) is 64.0 Å². The molecule has 1 aromatic carbocycles. The van der Waals surface area contributed by atoms with Gasteiger partial charge in [-0.05, 0) is 51.0 Å². The zero-order valence-electron chi connectivity index (χ0n) is 12.0. The van der Waals surface area contributed by atoms with Crippen LogP contribution < -0.4 is 0 Å². The zero-order chi connectivity index (χ0) is 14.7. The van der Waals surface area contributed by atoms with E-state index in [1.807, 2.05) is 0 Å². The summed E-state index contributed by atoms with van der Waals surface area (Å²) in [6.45, 7) is 2.80. The predicted octanol–water partition coefficient (Wildman–Crippen LogP) is 1.51. The molecule has 1 aliphatic rings. The first-order valence-electron chi connectivity index (χ1n) is 6.94. The van der Waals surface area contributed by atoms with Gasteiger partial charge in [0.1, 0.15) is 0 Å². The minimum Gasteiger partial charge on any atom is -0.504 e. The van der Waals surface area contributed by atoms with Gasteiger partial charge in [0.05, 0.1) is 5.56 Å². The third-order valence-electron chi connectivity index (χ3n) is 3.96. The third-order valence-corrected chi connectivity index (χ3v) is 3.96. The van der Waals surface area contributed by atoms with Crippen molar-refractivity contribution >= 4 is 5.91 Å². The number of hydrogen-bond acceptors (Lipinski definition) is 4. The van der Waals surface area contributed by atoms with Crippen molar-refractivity contribution in [3.63, 3.8) is 0 Å². The second kappa shape index (κ2) is 6.13. The number of carbonyl (C=O) groups excluding carboxylic acids is 1. The molecule has 0 unspecified atom stereocenters. The van der Waals surface area contributed by atoms with Crippen LogP contribution in [0.3, 0.4) is 0 Å². The van der Waals surface area contributed by atoms with Crippen molar-refractivity contribution in [1.29, 1.82) is 0 Å². The van der Waals surface area contributed by atoms with E-state index in [2.05, 4.69) is 11.9 Å². The summed E-state index contributed by atoms with van der Waals surface area (Å²) < 4.78 is 0. The summed E-state index contributed by atoms with van der Waals surface area (Å²) in [5.41, 5.74) is 0.153. The SMILES string of the molecule is CN1CCC(CN(C)C(=O)c2cccc(O)c2O)CC1. The van der Waals surface area contributed by atoms with E-state index in [4.69, 9.17) is 0 Å². The fraction of sp³-hybridized carbons (Fsp3) is 0.533. The Bertz CT molecular complexity index is 482. The molecule has 20 heavy (non-hydrogen) atoms. The van der Waals surface area contributed by atoms with Gasteiger partial charge in [-0.2, -0.15) is 0 Å². The van der Waals surface area contributed by atoms with Crippen LogP contribution in [0.2, 0.25) is 0 Å². The van der Waals surface area contributed by atoms with E-state index in [0.717, 1.165) is 25.9 Å². The van der Waals surface area contributed by atoms with E-state index in [-0.39, 0.29) is 23.0 Å². The van der Waals surface area contributed by atoms with Crippen molar-refractivity contribution < 1.29 is 15.0 Å². The Balaban J connectivity index is 2.00. The van der Waals surface area contributed by atoms with Gasteiger partial charge in [-0.25, -0.2) is 0 Å². The Morgan fingerprint density at radius 3 is 2.65 bits per heavy atom. The van der Waals surface area contributed by atoms with Crippen LogP contribution in [0.4, 0.5) is 0 Å². The summed E-state index contributed by atoms with van der Waals surface area (Å²) in [6, 6.07) is 4.46. The average molecular weight is 278 g/mol. The van der Waals surface area contributed by atoms with Crippen molar-refractivity contribution in [3.05, 3.63) is 23.8 Å². The number of phenolic OH excluding ortho intramolecular Hbond substituents is 2. The van der Waals surface area contributed by atoms with Crippen LogP contribution in [0.25, 0.3) is 0 Å². The van der Waals surface area contributed by atoms with Gasteiger partial charge >= 0.3 is 0 Å². The Morgan fingerprint density at radius 2 is 2.00 bits per heavy atom. The Morgan fingerprint density at radius 1 is 1.35 bits per heavy atom. The van der Waals surface area contributed by atoms with Crippen molar-refractivity contribution in [2.24, 2.45) is 5.92 Å². The molecule has 0 spiro atoms. The molecule has 1 amide bonds. The maximum absolute atomic E-state index is 12.3. The molecule has 1 fully saturated rings. The highest BCUT2D eigenvalue weighted by Gasteiger charge is 2.23. The number of para-hydroxylation sites is 1. The second-order valence-electron chi connectivity index (χ2n) is 5.61. The second-order valence-corrected chi connectivity index (χ2v) is 5.61. The van der Waals surface area contributed by atoms with Gasteiger partial charge in [-0.15, -0.1) is 0 Å². The maximum Gasteiger partial charge on any atom is 0.257 e. The van der Waals surface area contributed by atoms with E-state index >= 15 is 0 Å². The molecule has 0 aromatic heterocycles. The summed E-state index contributed by atoms with van der Waals surface area (Å²) in [5.74, 6) is -0.354. The lowest BCUT2D eigenvalue weighted by molar-refractivity contribution is 0.0743. The largest absolute Gasteiger partial charge is 0.504 e. The molecule has 1 aromatic rings. The lowest BCUT2D eigenvalue weighted by Gasteiger charge is -2.31. The minimum absolute atomic E-state index is 0.153. The summed E-state index contributed by atoms with van der Waals surface area (Å²) in [6.07, 6.45) is 2.17. The van der Waals surface area contributed by atoms with Crippen molar-refractivity contribution in [3.8, 4) is 11.5 Å². The van der Waals surface area contributed by atoms with Gasteiger partial charge in [-0.1, -0.05) is 6.07 Å². The van der Waals surface area contributed by atoms with Gasteiger partial charge in [0.25, 0.3) is 5.91 Å². The molecule has 0 aliphatic carbocycles. The number of likely N-dealkylation sites (tertiary alicyclic amines) is 1. The molecular formula is C15H22N2O3. The lowest BCUT2D eigenvalue weighted by Crippen LogP contribution is -2.38. The zero-order valence-corrected chi connectivity index (χ0v) is 12.0. The van der Waals surface area contributed by atoms with Crippen LogP contribution in [0.1, 0.15) is 23.2 Å². The molecule has 5 nitrogen and oxygen atoms in total. The highest BCUT2D eigenvalue weighted by atomic mass is 16.3. The quantitative estimate of drug-likeness (QED) is 0.823. The van der Waals surface area contributed by atoms with Crippen LogP contribution >= 0.6 is 0 Å². The van der Waals surface area contributed by atoms with Gasteiger partial charge < -0.3 is 20.0 Å². The number of benzene rings is 1. The van der Waals surface area contributed by atoms with Crippen molar-refractivity contribution in [2.45, 2.75) is 12.8 Å². The van der Waals surface area contributed by atoms with Gasteiger partial charge in [0.2, 0.25) is 0 Å². The number of amides is 1. The van der Waals surface area contributed by atoms with Crippen LogP contribution in [0, 0.1) is 5.92 Å². The summed E-state index contributed by atoms with van der Waals surface area (Å²) >= 11 is 0. The van der Waals surface area contributed by atoms with Crippen molar-refractivity contribution in [2.75, 3.05) is 33.7 Å². The van der Waals surface area contributed by atoms with Gasteiger partial charge in [-0.3, -0.25) is 4.79 Å². The van der Waals surface area contributed by atoms with Crippen LogP contribution in [-0.4, -0.2) is 59.6 Å². The molecule has 2 N–H and O–H groups in total. The van der Waals surface area contributed by atoms with Crippen molar-refractivity contribution in [1.82, 2.24) is 9.80 Å². The first-order chi connectivity index (χ1) is 9.49. The normalized spacial score (nSPS) is 17.1. The Hall–Kier alpha value is -1.75. The minimum atomic E-state index is -0.340. The summed E-state index contributed by atoms with van der Waals surface area (Å²) in [7, 11) is 3.85. The summed E-state index contributed by atoms with van der Waals surface area (Å²) in [4.78, 5) is 16.2. The fourth-order valence-corrected chi connectivity index (χ4v) is 2.62. The highest BCUT2D eigenvalue weighted by Crippen LogP contribution is 2.29. The number of piperidine rings is 1. The predicted molar refractivity (Wildman–Crippen MR) is 77.0 cm³/mol. The Labute approximate surface area is 119 Å². The lowest BCUT2D eigenvalue weighted by atomic mass is 9.96. The fourth-order valence-electron chi connectivity index (χ4n) is 2.62. The first kappa shape index (κ1) is 14.7. The number of rotatable bonds is 3. The molecule has 5 heteroatoms. The number of phenols is 2. The van der Waals surface area contributed by atoms with E-state index in [9.17, 15) is 15.0 Å². The average Bonchev–Trinajstić information content (AvgIpc) is 2.43. The molecular weight excluding hydrogens is 256 g/mol. The molecule has 0 saturated carbocycles. The molecule has 0 radical (unpaired) electrons. The molecule has 1 aliphatic heterocycles. The Kier molecular flexibility index (Phi) is 4.49. The molecule has 0 bridgehead atoms. The standard InChI is InChI=1S/C15H22N2O3/c1-16-8-6-11(7-9-16)10-17(2)15(20)12-4-3-5-13(18)14(12)19/h3-5,11,18-19H,6-10H2,1-2H3. The smallest absolute Gasteiger partial charge is 0.257 e. The molecule has 1 saturated heterocycles. The van der Waals surface area contributed by atoms with E-state index < -0.39 is 0 Å².